The normalized spacial score (nSPS) is 20.1. The van der Waals surface area contributed by atoms with Gasteiger partial charge in [-0.15, -0.1) is 0 Å². The number of anilines is 2. The number of piperidine rings is 2. The number of carbonyl (C=O) groups is 2. The highest BCUT2D eigenvalue weighted by atomic mass is 16.2. The molecule has 1 atom stereocenters. The van der Waals surface area contributed by atoms with Crippen LogP contribution in [0.2, 0.25) is 0 Å². The third kappa shape index (κ3) is 4.58. The molecule has 2 aromatic rings. The van der Waals surface area contributed by atoms with Crippen molar-refractivity contribution < 1.29 is 9.59 Å². The average Bonchev–Trinajstić information content (AvgIpc) is 2.80. The molecule has 2 aromatic heterocycles. The molecule has 2 amide bonds. The third-order valence-corrected chi connectivity index (χ3v) is 6.07. The number of likely N-dealkylation sites (tertiary alicyclic amines) is 2. The fourth-order valence-electron chi connectivity index (χ4n) is 4.39. The maximum atomic E-state index is 13.3. The van der Waals surface area contributed by atoms with Crippen molar-refractivity contribution in [3.05, 3.63) is 42.5 Å². The predicted octanol–water partition coefficient (Wildman–Crippen LogP) is 2.93. The van der Waals surface area contributed by atoms with E-state index in [0.717, 1.165) is 44.2 Å². The Bertz CT molecular complexity index is 865. The Hall–Kier alpha value is -3.03. The Kier molecular flexibility index (Phi) is 6.21. The molecule has 0 aromatic carbocycles. The van der Waals surface area contributed by atoms with Crippen molar-refractivity contribution in [3.63, 3.8) is 0 Å². The van der Waals surface area contributed by atoms with Gasteiger partial charge in [-0.2, -0.15) is 0 Å². The lowest BCUT2D eigenvalue weighted by atomic mass is 9.90. The molecule has 4 heterocycles. The van der Waals surface area contributed by atoms with E-state index in [2.05, 4.69) is 20.3 Å². The van der Waals surface area contributed by atoms with Crippen LogP contribution in [0.4, 0.5) is 11.6 Å². The van der Waals surface area contributed by atoms with Crippen molar-refractivity contribution in [1.82, 2.24) is 24.8 Å². The summed E-state index contributed by atoms with van der Waals surface area (Å²) in [6.07, 6.45) is 11.4. The van der Waals surface area contributed by atoms with Crippen molar-refractivity contribution >= 4 is 23.5 Å². The molecule has 1 N–H and O–H groups in total. The molecule has 0 bridgehead atoms. The monoisotopic (exact) mass is 408 g/mol. The number of hydrogen-bond donors (Lipinski definition) is 1. The first-order valence-corrected chi connectivity index (χ1v) is 10.7. The minimum absolute atomic E-state index is 0.00625. The van der Waals surface area contributed by atoms with Crippen LogP contribution in [0.1, 0.15) is 50.6 Å². The lowest BCUT2D eigenvalue weighted by Gasteiger charge is -2.40. The van der Waals surface area contributed by atoms with Crippen molar-refractivity contribution in [2.45, 2.75) is 45.1 Å². The van der Waals surface area contributed by atoms with Crippen LogP contribution in [0.25, 0.3) is 0 Å². The largest absolute Gasteiger partial charge is 0.343 e. The van der Waals surface area contributed by atoms with Gasteiger partial charge in [0.25, 0.3) is 0 Å². The number of amides is 2. The van der Waals surface area contributed by atoms with Crippen LogP contribution in [0.3, 0.4) is 0 Å². The van der Waals surface area contributed by atoms with Crippen molar-refractivity contribution in [2.24, 2.45) is 5.92 Å². The second kappa shape index (κ2) is 9.19. The number of rotatable bonds is 4. The van der Waals surface area contributed by atoms with Crippen LogP contribution in [0, 0.1) is 5.92 Å². The number of pyridine rings is 1. The van der Waals surface area contributed by atoms with E-state index >= 15 is 0 Å². The van der Waals surface area contributed by atoms with Crippen molar-refractivity contribution in [3.8, 4) is 0 Å². The van der Waals surface area contributed by atoms with E-state index in [9.17, 15) is 9.59 Å². The molecular weight excluding hydrogens is 380 g/mol. The van der Waals surface area contributed by atoms with Crippen LogP contribution in [-0.4, -0.2) is 56.2 Å². The summed E-state index contributed by atoms with van der Waals surface area (Å²) >= 11 is 0. The number of nitrogens with zero attached hydrogens (tertiary/aromatic N) is 5. The summed E-state index contributed by atoms with van der Waals surface area (Å²) in [7, 11) is 0. The zero-order valence-electron chi connectivity index (χ0n) is 17.3. The zero-order chi connectivity index (χ0) is 20.9. The Balaban J connectivity index is 1.43. The minimum atomic E-state index is 0.00625. The van der Waals surface area contributed by atoms with E-state index in [0.29, 0.717) is 24.7 Å². The molecule has 2 saturated heterocycles. The quantitative estimate of drug-likeness (QED) is 0.836. The molecule has 30 heavy (non-hydrogen) atoms. The Labute approximate surface area is 176 Å². The van der Waals surface area contributed by atoms with Gasteiger partial charge in [-0.25, -0.2) is 9.97 Å². The SMILES string of the molecule is CC(=O)N1CCC(C(=O)N2CCCCC2c2ccc(Nc3cnccn3)nc2)CC1. The van der Waals surface area contributed by atoms with E-state index in [1.54, 1.807) is 25.5 Å². The summed E-state index contributed by atoms with van der Waals surface area (Å²) in [5, 5.41) is 3.14. The summed E-state index contributed by atoms with van der Waals surface area (Å²) in [4.78, 5) is 41.5. The van der Waals surface area contributed by atoms with E-state index in [1.807, 2.05) is 28.1 Å². The summed E-state index contributed by atoms with van der Waals surface area (Å²) in [5.41, 5.74) is 1.06. The molecule has 0 spiro atoms. The molecular formula is C22H28N6O2. The smallest absolute Gasteiger partial charge is 0.226 e. The first-order valence-electron chi connectivity index (χ1n) is 10.7. The van der Waals surface area contributed by atoms with Gasteiger partial charge in [0.05, 0.1) is 12.2 Å². The van der Waals surface area contributed by atoms with Gasteiger partial charge in [0, 0.05) is 51.1 Å². The van der Waals surface area contributed by atoms with E-state index in [1.165, 1.54) is 0 Å². The second-order valence-corrected chi connectivity index (χ2v) is 8.02. The summed E-state index contributed by atoms with van der Waals surface area (Å²) < 4.78 is 0. The summed E-state index contributed by atoms with van der Waals surface area (Å²) in [6.45, 7) is 3.73. The molecule has 8 heteroatoms. The van der Waals surface area contributed by atoms with Crippen LogP contribution in [-0.2, 0) is 9.59 Å². The highest BCUT2D eigenvalue weighted by Crippen LogP contribution is 2.34. The zero-order valence-corrected chi connectivity index (χ0v) is 17.3. The minimum Gasteiger partial charge on any atom is -0.343 e. The van der Waals surface area contributed by atoms with Crippen LogP contribution in [0.5, 0.6) is 0 Å². The summed E-state index contributed by atoms with van der Waals surface area (Å²) in [6, 6.07) is 4.03. The molecule has 2 aliphatic rings. The standard InChI is InChI=1S/C22H28N6O2/c1-16(29)27-12-7-17(8-13-27)22(30)28-11-3-2-4-19(28)18-5-6-20(25-14-18)26-21-15-23-9-10-24-21/h5-6,9-10,14-15,17,19H,2-4,7-8,11-13H2,1H3,(H,24,25,26). The first kappa shape index (κ1) is 20.3. The molecule has 158 valence electrons. The molecule has 2 fully saturated rings. The number of nitrogens with one attached hydrogen (secondary N) is 1. The Morgan fingerprint density at radius 3 is 2.47 bits per heavy atom. The van der Waals surface area contributed by atoms with Gasteiger partial charge in [0.1, 0.15) is 11.6 Å². The molecule has 1 unspecified atom stereocenters. The van der Waals surface area contributed by atoms with Gasteiger partial charge < -0.3 is 15.1 Å². The number of aromatic nitrogens is 3. The molecule has 2 aliphatic heterocycles. The number of carbonyl (C=O) groups excluding carboxylic acids is 2. The maximum Gasteiger partial charge on any atom is 0.226 e. The lowest BCUT2D eigenvalue weighted by Crippen LogP contribution is -2.46. The Morgan fingerprint density at radius 2 is 1.80 bits per heavy atom. The van der Waals surface area contributed by atoms with E-state index in [4.69, 9.17) is 0 Å². The fraction of sp³-hybridized carbons (Fsp3) is 0.500. The topological polar surface area (TPSA) is 91.3 Å². The predicted molar refractivity (Wildman–Crippen MR) is 113 cm³/mol. The molecule has 4 rings (SSSR count). The van der Waals surface area contributed by atoms with Gasteiger partial charge in [-0.1, -0.05) is 6.07 Å². The van der Waals surface area contributed by atoms with Gasteiger partial charge in [-0.3, -0.25) is 14.6 Å². The van der Waals surface area contributed by atoms with Gasteiger partial charge in [0.15, 0.2) is 0 Å². The molecule has 0 radical (unpaired) electrons. The number of hydrogen-bond acceptors (Lipinski definition) is 6. The van der Waals surface area contributed by atoms with E-state index < -0.39 is 0 Å². The van der Waals surface area contributed by atoms with Gasteiger partial charge in [-0.05, 0) is 43.7 Å². The van der Waals surface area contributed by atoms with Crippen molar-refractivity contribution in [2.75, 3.05) is 25.0 Å². The van der Waals surface area contributed by atoms with Crippen LogP contribution in [0.15, 0.2) is 36.9 Å². The van der Waals surface area contributed by atoms with Crippen LogP contribution < -0.4 is 5.32 Å². The van der Waals surface area contributed by atoms with Crippen LogP contribution >= 0.6 is 0 Å². The van der Waals surface area contributed by atoms with Gasteiger partial charge in [0.2, 0.25) is 11.8 Å². The Morgan fingerprint density at radius 1 is 0.967 bits per heavy atom. The highest BCUT2D eigenvalue weighted by molar-refractivity contribution is 5.80. The van der Waals surface area contributed by atoms with Crippen molar-refractivity contribution in [1.29, 1.82) is 0 Å². The molecule has 8 nitrogen and oxygen atoms in total. The maximum absolute atomic E-state index is 13.3. The lowest BCUT2D eigenvalue weighted by molar-refractivity contribution is -0.143. The van der Waals surface area contributed by atoms with E-state index in [-0.39, 0.29) is 23.8 Å². The second-order valence-electron chi connectivity index (χ2n) is 8.02. The average molecular weight is 409 g/mol. The first-order chi connectivity index (χ1) is 14.6. The van der Waals surface area contributed by atoms with Gasteiger partial charge >= 0.3 is 0 Å². The fourth-order valence-corrected chi connectivity index (χ4v) is 4.39. The molecule has 0 aliphatic carbocycles. The third-order valence-electron chi connectivity index (χ3n) is 6.07. The molecule has 0 saturated carbocycles. The highest BCUT2D eigenvalue weighted by Gasteiger charge is 2.34. The summed E-state index contributed by atoms with van der Waals surface area (Å²) in [5.74, 6) is 1.67.